The molecule has 2 rings (SSSR count). The largest absolute Gasteiger partial charge is 0.484 e. The topological polar surface area (TPSA) is 38.3 Å². The molecule has 1 N–H and O–H groups in total. The van der Waals surface area contributed by atoms with Gasteiger partial charge in [0.25, 0.3) is 5.91 Å². The van der Waals surface area contributed by atoms with Gasteiger partial charge in [-0.1, -0.05) is 34.1 Å². The molecule has 0 aliphatic carbocycles. The number of hydrogen-bond acceptors (Lipinski definition) is 2. The second-order valence-corrected chi connectivity index (χ2v) is 4.69. The fourth-order valence-electron chi connectivity index (χ4n) is 1.45. The summed E-state index contributed by atoms with van der Waals surface area (Å²) in [6, 6.07) is 13.1. The van der Waals surface area contributed by atoms with Crippen LogP contribution in [-0.2, 0) is 4.79 Å². The van der Waals surface area contributed by atoms with Crippen molar-refractivity contribution in [2.75, 3.05) is 11.9 Å². The smallest absolute Gasteiger partial charge is 0.262 e. The van der Waals surface area contributed by atoms with Crippen LogP contribution in [0.25, 0.3) is 0 Å². The van der Waals surface area contributed by atoms with Crippen molar-refractivity contribution in [1.29, 1.82) is 0 Å². The van der Waals surface area contributed by atoms with E-state index in [0.717, 1.165) is 4.47 Å². The van der Waals surface area contributed by atoms with Gasteiger partial charge in [0.15, 0.2) is 6.61 Å². The highest BCUT2D eigenvalue weighted by Gasteiger charge is 2.07. The third-order valence-corrected chi connectivity index (χ3v) is 2.81. The Labute approximate surface area is 118 Å². The minimum atomic E-state index is -0.474. The van der Waals surface area contributed by atoms with Crippen molar-refractivity contribution in [2.24, 2.45) is 0 Å². The molecular formula is C14H11BrFNO2. The monoisotopic (exact) mass is 323 g/mol. The van der Waals surface area contributed by atoms with Crippen LogP contribution in [-0.4, -0.2) is 12.5 Å². The van der Waals surface area contributed by atoms with Crippen LogP contribution in [0.5, 0.6) is 5.75 Å². The summed E-state index contributed by atoms with van der Waals surface area (Å²) >= 11 is 3.30. The molecule has 1 amide bonds. The van der Waals surface area contributed by atoms with E-state index in [1.807, 2.05) is 6.07 Å². The van der Waals surface area contributed by atoms with Crippen LogP contribution in [0.2, 0.25) is 0 Å². The Morgan fingerprint density at radius 3 is 2.74 bits per heavy atom. The number of anilines is 1. The first-order valence-electron chi connectivity index (χ1n) is 5.58. The fourth-order valence-corrected chi connectivity index (χ4v) is 1.83. The quantitative estimate of drug-likeness (QED) is 0.933. The first-order valence-corrected chi connectivity index (χ1v) is 6.37. The van der Waals surface area contributed by atoms with Crippen molar-refractivity contribution >= 4 is 27.5 Å². The molecule has 0 aliphatic rings. The maximum absolute atomic E-state index is 13.3. The molecule has 3 nitrogen and oxygen atoms in total. The average Bonchev–Trinajstić information content (AvgIpc) is 2.39. The van der Waals surface area contributed by atoms with E-state index in [9.17, 15) is 9.18 Å². The van der Waals surface area contributed by atoms with Gasteiger partial charge in [0.05, 0.1) is 5.69 Å². The van der Waals surface area contributed by atoms with Crippen LogP contribution >= 0.6 is 15.9 Å². The lowest BCUT2D eigenvalue weighted by atomic mass is 10.3. The number of carbonyl (C=O) groups is 1. The summed E-state index contributed by atoms with van der Waals surface area (Å²) < 4.78 is 19.5. The van der Waals surface area contributed by atoms with Crippen molar-refractivity contribution in [2.45, 2.75) is 0 Å². The third kappa shape index (κ3) is 4.06. The lowest BCUT2D eigenvalue weighted by molar-refractivity contribution is -0.118. The molecule has 0 aromatic heterocycles. The van der Waals surface area contributed by atoms with Gasteiger partial charge in [-0.2, -0.15) is 0 Å². The Morgan fingerprint density at radius 2 is 2.00 bits per heavy atom. The molecule has 2 aromatic carbocycles. The van der Waals surface area contributed by atoms with Gasteiger partial charge in [-0.25, -0.2) is 4.39 Å². The Bertz CT molecular complexity index is 589. The highest BCUT2D eigenvalue weighted by Crippen LogP contribution is 2.18. The van der Waals surface area contributed by atoms with E-state index in [2.05, 4.69) is 21.2 Å². The number of halogens is 2. The number of rotatable bonds is 4. The number of carbonyl (C=O) groups excluding carboxylic acids is 1. The first kappa shape index (κ1) is 13.5. The second-order valence-electron chi connectivity index (χ2n) is 3.77. The first-order chi connectivity index (χ1) is 9.15. The van der Waals surface area contributed by atoms with Crippen LogP contribution in [0.3, 0.4) is 0 Å². The molecule has 98 valence electrons. The number of amides is 1. The summed E-state index contributed by atoms with van der Waals surface area (Å²) in [5.74, 6) is -0.318. The highest BCUT2D eigenvalue weighted by atomic mass is 79.9. The van der Waals surface area contributed by atoms with E-state index < -0.39 is 11.7 Å². The molecule has 0 radical (unpaired) electrons. The zero-order valence-electron chi connectivity index (χ0n) is 9.90. The number of ether oxygens (including phenoxy) is 1. The third-order valence-electron chi connectivity index (χ3n) is 2.31. The molecular weight excluding hydrogens is 313 g/mol. The van der Waals surface area contributed by atoms with Gasteiger partial charge in [-0.15, -0.1) is 0 Å². The molecule has 5 heteroatoms. The summed E-state index contributed by atoms with van der Waals surface area (Å²) in [5, 5.41) is 2.44. The molecule has 0 heterocycles. The maximum atomic E-state index is 13.3. The summed E-state index contributed by atoms with van der Waals surface area (Å²) in [6.07, 6.45) is 0. The maximum Gasteiger partial charge on any atom is 0.262 e. The van der Waals surface area contributed by atoms with Crippen LogP contribution in [0.4, 0.5) is 10.1 Å². The molecule has 0 unspecified atom stereocenters. The van der Waals surface area contributed by atoms with Gasteiger partial charge in [0.2, 0.25) is 0 Å². The van der Waals surface area contributed by atoms with E-state index in [-0.39, 0.29) is 12.3 Å². The van der Waals surface area contributed by atoms with Crippen molar-refractivity contribution in [3.8, 4) is 5.75 Å². The van der Waals surface area contributed by atoms with Gasteiger partial charge >= 0.3 is 0 Å². The molecule has 0 saturated carbocycles. The predicted octanol–water partition coefficient (Wildman–Crippen LogP) is 3.61. The summed E-state index contributed by atoms with van der Waals surface area (Å²) in [6.45, 7) is -0.176. The second kappa shape index (κ2) is 6.33. The molecule has 0 saturated heterocycles. The number of benzene rings is 2. The summed E-state index contributed by atoms with van der Waals surface area (Å²) in [7, 11) is 0. The molecule has 0 atom stereocenters. The Kier molecular flexibility index (Phi) is 4.52. The molecule has 0 bridgehead atoms. The van der Waals surface area contributed by atoms with Crippen molar-refractivity contribution in [1.82, 2.24) is 0 Å². The molecule has 0 aliphatic heterocycles. The van der Waals surface area contributed by atoms with Crippen molar-refractivity contribution in [3.05, 3.63) is 58.8 Å². The molecule has 2 aromatic rings. The Morgan fingerprint density at radius 1 is 1.21 bits per heavy atom. The minimum Gasteiger partial charge on any atom is -0.484 e. The van der Waals surface area contributed by atoms with E-state index >= 15 is 0 Å². The van der Waals surface area contributed by atoms with Gasteiger partial charge in [0.1, 0.15) is 11.6 Å². The van der Waals surface area contributed by atoms with Crippen LogP contribution in [0.1, 0.15) is 0 Å². The van der Waals surface area contributed by atoms with E-state index in [4.69, 9.17) is 4.74 Å². The fraction of sp³-hybridized carbons (Fsp3) is 0.0714. The highest BCUT2D eigenvalue weighted by molar-refractivity contribution is 9.10. The SMILES string of the molecule is O=C(COc1cccc(Br)c1)Nc1ccccc1F. The lowest BCUT2D eigenvalue weighted by Crippen LogP contribution is -2.20. The van der Waals surface area contributed by atoms with Gasteiger partial charge in [-0.05, 0) is 30.3 Å². The number of para-hydroxylation sites is 1. The number of nitrogens with one attached hydrogen (secondary N) is 1. The molecule has 19 heavy (non-hydrogen) atoms. The van der Waals surface area contributed by atoms with Crippen LogP contribution in [0.15, 0.2) is 53.0 Å². The van der Waals surface area contributed by atoms with Gasteiger partial charge in [0, 0.05) is 4.47 Å². The minimum absolute atomic E-state index is 0.144. The van der Waals surface area contributed by atoms with Crippen LogP contribution < -0.4 is 10.1 Å². The Hall–Kier alpha value is -1.88. The van der Waals surface area contributed by atoms with Crippen LogP contribution in [0, 0.1) is 5.82 Å². The Balaban J connectivity index is 1.90. The number of hydrogen-bond donors (Lipinski definition) is 1. The summed E-state index contributed by atoms with van der Waals surface area (Å²) in [4.78, 5) is 11.6. The van der Waals surface area contributed by atoms with E-state index in [1.54, 1.807) is 30.3 Å². The molecule has 0 spiro atoms. The average molecular weight is 324 g/mol. The zero-order valence-corrected chi connectivity index (χ0v) is 11.5. The predicted molar refractivity (Wildman–Crippen MR) is 74.7 cm³/mol. The van der Waals surface area contributed by atoms with E-state index in [0.29, 0.717) is 5.75 Å². The van der Waals surface area contributed by atoms with E-state index in [1.165, 1.54) is 12.1 Å². The zero-order chi connectivity index (χ0) is 13.7. The standard InChI is InChI=1S/C14H11BrFNO2/c15-10-4-3-5-11(8-10)19-9-14(18)17-13-7-2-1-6-12(13)16/h1-8H,9H2,(H,17,18). The van der Waals surface area contributed by atoms with Crippen molar-refractivity contribution < 1.29 is 13.9 Å². The summed E-state index contributed by atoms with van der Waals surface area (Å²) in [5.41, 5.74) is 0.144. The molecule has 0 fully saturated rings. The normalized spacial score (nSPS) is 10.0. The van der Waals surface area contributed by atoms with Gasteiger partial charge in [-0.3, -0.25) is 4.79 Å². The lowest BCUT2D eigenvalue weighted by Gasteiger charge is -2.08. The van der Waals surface area contributed by atoms with Crippen molar-refractivity contribution in [3.63, 3.8) is 0 Å². The van der Waals surface area contributed by atoms with Gasteiger partial charge < -0.3 is 10.1 Å².